The molecule has 1 aromatic carbocycles. The molecule has 0 fully saturated rings. The molecule has 0 saturated carbocycles. The van der Waals surface area contributed by atoms with Gasteiger partial charge in [-0.1, -0.05) is 25.1 Å². The summed E-state index contributed by atoms with van der Waals surface area (Å²) in [6.45, 7) is 1.90. The van der Waals surface area contributed by atoms with E-state index in [0.717, 1.165) is 0 Å². The molecule has 1 rings (SSSR count). The lowest BCUT2D eigenvalue weighted by Crippen LogP contribution is -2.26. The maximum atomic E-state index is 11.6. The van der Waals surface area contributed by atoms with Crippen LogP contribution in [0.3, 0.4) is 0 Å². The maximum absolute atomic E-state index is 11.6. The smallest absolute Gasteiger partial charge is 0.297 e. The molecule has 4 nitrogen and oxygen atoms in total. The van der Waals surface area contributed by atoms with Crippen molar-refractivity contribution < 1.29 is 12.6 Å². The van der Waals surface area contributed by atoms with Gasteiger partial charge in [-0.3, -0.25) is 4.18 Å². The van der Waals surface area contributed by atoms with Gasteiger partial charge in [0, 0.05) is 6.04 Å². The van der Waals surface area contributed by atoms with Gasteiger partial charge >= 0.3 is 0 Å². The van der Waals surface area contributed by atoms with Crippen LogP contribution >= 0.6 is 0 Å². The predicted molar refractivity (Wildman–Crippen MR) is 57.8 cm³/mol. The molecule has 0 saturated heterocycles. The standard InChI is InChI=1S/C10H15NO3S/c1-2-9(11)8-14-15(12,13)10-6-4-3-5-7-10/h3-7,9H,2,8,11H2,1H3. The van der Waals surface area contributed by atoms with Crippen LogP contribution in [0.25, 0.3) is 0 Å². The van der Waals surface area contributed by atoms with E-state index >= 15 is 0 Å². The van der Waals surface area contributed by atoms with E-state index < -0.39 is 10.1 Å². The second-order valence-corrected chi connectivity index (χ2v) is 4.84. The Morgan fingerprint density at radius 1 is 1.33 bits per heavy atom. The summed E-state index contributed by atoms with van der Waals surface area (Å²) in [4.78, 5) is 0.160. The van der Waals surface area contributed by atoms with Crippen LogP contribution in [-0.4, -0.2) is 21.1 Å². The summed E-state index contributed by atoms with van der Waals surface area (Å²) in [6, 6.07) is 7.78. The zero-order valence-corrected chi connectivity index (χ0v) is 9.41. The summed E-state index contributed by atoms with van der Waals surface area (Å²) >= 11 is 0. The van der Waals surface area contributed by atoms with Crippen molar-refractivity contribution in [3.05, 3.63) is 30.3 Å². The van der Waals surface area contributed by atoms with Crippen LogP contribution < -0.4 is 5.73 Å². The molecule has 1 atom stereocenters. The third kappa shape index (κ3) is 3.62. The Bertz CT molecular complexity index is 388. The van der Waals surface area contributed by atoms with Crippen molar-refractivity contribution in [1.29, 1.82) is 0 Å². The molecule has 0 aliphatic carbocycles. The normalized spacial score (nSPS) is 13.7. The second kappa shape index (κ2) is 5.25. The van der Waals surface area contributed by atoms with E-state index in [1.54, 1.807) is 18.2 Å². The topological polar surface area (TPSA) is 69.4 Å². The van der Waals surface area contributed by atoms with Crippen molar-refractivity contribution in [2.24, 2.45) is 5.73 Å². The largest absolute Gasteiger partial charge is 0.326 e. The van der Waals surface area contributed by atoms with Gasteiger partial charge in [0.1, 0.15) is 0 Å². The van der Waals surface area contributed by atoms with Crippen LogP contribution in [-0.2, 0) is 14.3 Å². The molecule has 84 valence electrons. The Kier molecular flexibility index (Phi) is 4.26. The SMILES string of the molecule is CCC(N)COS(=O)(=O)c1ccccc1. The molecule has 0 bridgehead atoms. The lowest BCUT2D eigenvalue weighted by Gasteiger charge is -2.09. The van der Waals surface area contributed by atoms with Crippen molar-refractivity contribution in [2.45, 2.75) is 24.3 Å². The highest BCUT2D eigenvalue weighted by Crippen LogP contribution is 2.11. The van der Waals surface area contributed by atoms with Gasteiger partial charge in [-0.25, -0.2) is 0 Å². The van der Waals surface area contributed by atoms with Crippen molar-refractivity contribution in [1.82, 2.24) is 0 Å². The lowest BCUT2D eigenvalue weighted by molar-refractivity contribution is 0.288. The first-order chi connectivity index (χ1) is 7.06. The quantitative estimate of drug-likeness (QED) is 0.768. The minimum Gasteiger partial charge on any atom is -0.326 e. The number of nitrogens with two attached hydrogens (primary N) is 1. The second-order valence-electron chi connectivity index (χ2n) is 3.22. The van der Waals surface area contributed by atoms with Crippen molar-refractivity contribution >= 4 is 10.1 Å². The van der Waals surface area contributed by atoms with Crippen LogP contribution in [0, 0.1) is 0 Å². The molecule has 1 unspecified atom stereocenters. The van der Waals surface area contributed by atoms with E-state index in [2.05, 4.69) is 0 Å². The third-order valence-electron chi connectivity index (χ3n) is 1.99. The zero-order valence-electron chi connectivity index (χ0n) is 8.59. The van der Waals surface area contributed by atoms with Crippen LogP contribution in [0.2, 0.25) is 0 Å². The Labute approximate surface area is 90.2 Å². The average Bonchev–Trinajstić information content (AvgIpc) is 2.27. The van der Waals surface area contributed by atoms with Crippen molar-refractivity contribution in [2.75, 3.05) is 6.61 Å². The fraction of sp³-hybridized carbons (Fsp3) is 0.400. The predicted octanol–water partition coefficient (Wildman–Crippen LogP) is 1.13. The molecule has 5 heteroatoms. The number of benzene rings is 1. The highest BCUT2D eigenvalue weighted by molar-refractivity contribution is 7.86. The fourth-order valence-electron chi connectivity index (χ4n) is 0.950. The summed E-state index contributed by atoms with van der Waals surface area (Å²) in [7, 11) is -3.65. The molecule has 0 aromatic heterocycles. The van der Waals surface area contributed by atoms with Crippen molar-refractivity contribution in [3.8, 4) is 0 Å². The van der Waals surface area contributed by atoms with Gasteiger partial charge in [-0.05, 0) is 18.6 Å². The van der Waals surface area contributed by atoms with Gasteiger partial charge in [-0.2, -0.15) is 8.42 Å². The summed E-state index contributed by atoms with van der Waals surface area (Å²) in [5, 5.41) is 0. The van der Waals surface area contributed by atoms with Crippen molar-refractivity contribution in [3.63, 3.8) is 0 Å². The minimum atomic E-state index is -3.65. The Morgan fingerprint density at radius 3 is 2.47 bits per heavy atom. The van der Waals surface area contributed by atoms with Crippen LogP contribution in [0.4, 0.5) is 0 Å². The fourth-order valence-corrected chi connectivity index (χ4v) is 1.93. The monoisotopic (exact) mass is 229 g/mol. The van der Waals surface area contributed by atoms with E-state index in [1.165, 1.54) is 12.1 Å². The van der Waals surface area contributed by atoms with E-state index in [-0.39, 0.29) is 17.5 Å². The number of hydrogen-bond acceptors (Lipinski definition) is 4. The zero-order chi connectivity index (χ0) is 11.3. The summed E-state index contributed by atoms with van der Waals surface area (Å²) in [5.74, 6) is 0. The minimum absolute atomic E-state index is 0.0216. The molecule has 0 spiro atoms. The summed E-state index contributed by atoms with van der Waals surface area (Å²) in [6.07, 6.45) is 0.685. The molecular formula is C10H15NO3S. The highest BCUT2D eigenvalue weighted by Gasteiger charge is 2.15. The van der Waals surface area contributed by atoms with Gasteiger partial charge in [0.05, 0.1) is 11.5 Å². The molecule has 0 aliphatic rings. The molecule has 0 heterocycles. The van der Waals surface area contributed by atoms with Gasteiger partial charge < -0.3 is 5.73 Å². The lowest BCUT2D eigenvalue weighted by atomic mass is 10.3. The van der Waals surface area contributed by atoms with E-state index in [1.807, 2.05) is 6.92 Å². The van der Waals surface area contributed by atoms with E-state index in [4.69, 9.17) is 9.92 Å². The van der Waals surface area contributed by atoms with E-state index in [0.29, 0.717) is 6.42 Å². The van der Waals surface area contributed by atoms with Gasteiger partial charge in [0.2, 0.25) is 0 Å². The molecule has 1 aromatic rings. The number of hydrogen-bond donors (Lipinski definition) is 1. The molecule has 0 aliphatic heterocycles. The van der Waals surface area contributed by atoms with Gasteiger partial charge in [0.25, 0.3) is 10.1 Å². The van der Waals surface area contributed by atoms with Gasteiger partial charge in [0.15, 0.2) is 0 Å². The first kappa shape index (κ1) is 12.2. The molecule has 0 amide bonds. The molecule has 15 heavy (non-hydrogen) atoms. The van der Waals surface area contributed by atoms with Crippen LogP contribution in [0.15, 0.2) is 35.2 Å². The molecule has 0 radical (unpaired) electrons. The first-order valence-corrected chi connectivity index (χ1v) is 6.17. The average molecular weight is 229 g/mol. The molecule has 2 N–H and O–H groups in total. The van der Waals surface area contributed by atoms with Crippen LogP contribution in [0.1, 0.15) is 13.3 Å². The number of rotatable bonds is 5. The highest BCUT2D eigenvalue weighted by atomic mass is 32.2. The molecular weight excluding hydrogens is 214 g/mol. The Hall–Kier alpha value is -0.910. The summed E-state index contributed by atoms with van der Waals surface area (Å²) < 4.78 is 28.0. The van der Waals surface area contributed by atoms with Crippen LogP contribution in [0.5, 0.6) is 0 Å². The first-order valence-electron chi connectivity index (χ1n) is 4.76. The Morgan fingerprint density at radius 2 is 1.93 bits per heavy atom. The summed E-state index contributed by atoms with van der Waals surface area (Å²) in [5.41, 5.74) is 5.57. The third-order valence-corrected chi connectivity index (χ3v) is 3.29. The maximum Gasteiger partial charge on any atom is 0.297 e. The Balaban J connectivity index is 2.69. The van der Waals surface area contributed by atoms with E-state index in [9.17, 15) is 8.42 Å². The van der Waals surface area contributed by atoms with Gasteiger partial charge in [-0.15, -0.1) is 0 Å².